The van der Waals surface area contributed by atoms with Crippen molar-refractivity contribution in [2.75, 3.05) is 5.32 Å². The van der Waals surface area contributed by atoms with Gasteiger partial charge in [-0.15, -0.1) is 11.3 Å². The summed E-state index contributed by atoms with van der Waals surface area (Å²) < 4.78 is 7.51. The fourth-order valence-electron chi connectivity index (χ4n) is 2.99. The van der Waals surface area contributed by atoms with E-state index < -0.39 is 0 Å². The van der Waals surface area contributed by atoms with E-state index in [1.165, 1.54) is 0 Å². The van der Waals surface area contributed by atoms with Crippen LogP contribution in [-0.4, -0.2) is 20.7 Å². The maximum absolute atomic E-state index is 13.0. The van der Waals surface area contributed by atoms with Crippen LogP contribution in [0.15, 0.2) is 60.1 Å². The number of amides is 1. The minimum absolute atomic E-state index is 0.291. The van der Waals surface area contributed by atoms with Gasteiger partial charge in [-0.2, -0.15) is 5.10 Å². The lowest BCUT2D eigenvalue weighted by Crippen LogP contribution is -2.17. The molecule has 1 amide bonds. The van der Waals surface area contributed by atoms with Crippen LogP contribution >= 0.6 is 34.5 Å². The number of benzene rings is 2. The molecule has 0 spiro atoms. The Morgan fingerprint density at radius 2 is 2.00 bits per heavy atom. The first-order chi connectivity index (χ1) is 15.0. The Bertz CT molecular complexity index is 1220. The molecule has 0 atom stereocenters. The standard InChI is InChI=1S/C22H18Cl2N4O2S/c1-14-26-16(13-31-14)12-30-19-8-3-2-6-17(19)22(29)27-20-9-10-25-28(20)11-15-5-4-7-18(23)21(15)24/h2-10,13H,11-12H2,1H3,(H,27,29). The lowest BCUT2D eigenvalue weighted by atomic mass is 10.2. The molecule has 158 valence electrons. The second-order valence-electron chi connectivity index (χ2n) is 6.68. The van der Waals surface area contributed by atoms with Crippen LogP contribution in [0.3, 0.4) is 0 Å². The molecule has 4 aromatic rings. The molecule has 6 nitrogen and oxygen atoms in total. The first-order valence-corrected chi connectivity index (χ1v) is 11.0. The topological polar surface area (TPSA) is 69.0 Å². The molecule has 2 heterocycles. The van der Waals surface area contributed by atoms with E-state index in [9.17, 15) is 4.79 Å². The number of ether oxygens (including phenoxy) is 1. The molecule has 0 aliphatic heterocycles. The molecule has 0 saturated heterocycles. The van der Waals surface area contributed by atoms with Gasteiger partial charge in [0.2, 0.25) is 0 Å². The summed E-state index contributed by atoms with van der Waals surface area (Å²) in [5.74, 6) is 0.713. The Morgan fingerprint density at radius 3 is 2.81 bits per heavy atom. The fraction of sp³-hybridized carbons (Fsp3) is 0.136. The van der Waals surface area contributed by atoms with Gasteiger partial charge in [-0.25, -0.2) is 9.67 Å². The van der Waals surface area contributed by atoms with Gasteiger partial charge in [0.05, 0.1) is 39.1 Å². The molecular weight excluding hydrogens is 455 g/mol. The summed E-state index contributed by atoms with van der Waals surface area (Å²) in [7, 11) is 0. The first kappa shape index (κ1) is 21.4. The number of para-hydroxylation sites is 1. The third-order valence-corrected chi connectivity index (χ3v) is 6.16. The number of aryl methyl sites for hydroxylation is 1. The summed E-state index contributed by atoms with van der Waals surface area (Å²) in [6.45, 7) is 2.60. The lowest BCUT2D eigenvalue weighted by molar-refractivity contribution is 0.102. The molecule has 2 aromatic carbocycles. The average Bonchev–Trinajstić information content (AvgIpc) is 3.38. The van der Waals surface area contributed by atoms with Gasteiger partial charge < -0.3 is 10.1 Å². The third-order valence-electron chi connectivity index (χ3n) is 4.48. The summed E-state index contributed by atoms with van der Waals surface area (Å²) in [4.78, 5) is 17.4. The number of nitrogens with one attached hydrogen (secondary N) is 1. The van der Waals surface area contributed by atoms with Crippen LogP contribution in [0.1, 0.15) is 26.6 Å². The summed E-state index contributed by atoms with van der Waals surface area (Å²) in [5.41, 5.74) is 2.05. The van der Waals surface area contributed by atoms with E-state index in [1.54, 1.807) is 52.5 Å². The van der Waals surface area contributed by atoms with Gasteiger partial charge in [0.1, 0.15) is 18.2 Å². The molecule has 0 aliphatic rings. The number of rotatable bonds is 7. The molecule has 0 saturated carbocycles. The van der Waals surface area contributed by atoms with Crippen molar-refractivity contribution in [1.82, 2.24) is 14.8 Å². The van der Waals surface area contributed by atoms with Crippen LogP contribution in [0, 0.1) is 6.92 Å². The van der Waals surface area contributed by atoms with Crippen LogP contribution in [0.4, 0.5) is 5.82 Å². The molecule has 4 rings (SSSR count). The number of halogens is 2. The molecule has 31 heavy (non-hydrogen) atoms. The van der Waals surface area contributed by atoms with E-state index in [-0.39, 0.29) is 5.91 Å². The van der Waals surface area contributed by atoms with Crippen LogP contribution < -0.4 is 10.1 Å². The van der Waals surface area contributed by atoms with Crippen molar-refractivity contribution in [3.8, 4) is 5.75 Å². The van der Waals surface area contributed by atoms with E-state index in [4.69, 9.17) is 27.9 Å². The molecule has 0 fully saturated rings. The number of anilines is 1. The zero-order chi connectivity index (χ0) is 21.8. The predicted octanol–water partition coefficient (Wildman–Crippen LogP) is 5.83. The molecule has 0 unspecified atom stereocenters. The molecule has 0 aliphatic carbocycles. The number of hydrogen-bond acceptors (Lipinski definition) is 5. The van der Waals surface area contributed by atoms with Gasteiger partial charge in [0.15, 0.2) is 0 Å². The Hall–Kier alpha value is -2.87. The highest BCUT2D eigenvalue weighted by Crippen LogP contribution is 2.27. The highest BCUT2D eigenvalue weighted by Gasteiger charge is 2.16. The van der Waals surface area contributed by atoms with Gasteiger partial charge in [-0.1, -0.05) is 47.5 Å². The van der Waals surface area contributed by atoms with E-state index >= 15 is 0 Å². The quantitative estimate of drug-likeness (QED) is 0.367. The Balaban J connectivity index is 1.49. The van der Waals surface area contributed by atoms with Crippen LogP contribution in [0.25, 0.3) is 0 Å². The van der Waals surface area contributed by atoms with Crippen molar-refractivity contribution in [2.24, 2.45) is 0 Å². The van der Waals surface area contributed by atoms with Crippen LogP contribution in [0.2, 0.25) is 10.0 Å². The van der Waals surface area contributed by atoms with Gasteiger partial charge in [-0.05, 0) is 30.7 Å². The van der Waals surface area contributed by atoms with Crippen LogP contribution in [-0.2, 0) is 13.2 Å². The smallest absolute Gasteiger partial charge is 0.260 e. The zero-order valence-electron chi connectivity index (χ0n) is 16.5. The normalized spacial score (nSPS) is 10.8. The van der Waals surface area contributed by atoms with E-state index in [0.29, 0.717) is 40.3 Å². The van der Waals surface area contributed by atoms with Gasteiger partial charge in [0, 0.05) is 11.4 Å². The van der Waals surface area contributed by atoms with Crippen molar-refractivity contribution in [3.63, 3.8) is 0 Å². The van der Waals surface area contributed by atoms with E-state index in [2.05, 4.69) is 15.4 Å². The maximum atomic E-state index is 13.0. The van der Waals surface area contributed by atoms with Crippen molar-refractivity contribution in [1.29, 1.82) is 0 Å². The number of hydrogen-bond donors (Lipinski definition) is 1. The highest BCUT2D eigenvalue weighted by atomic mass is 35.5. The minimum Gasteiger partial charge on any atom is -0.486 e. The Kier molecular flexibility index (Phi) is 6.56. The van der Waals surface area contributed by atoms with Crippen molar-refractivity contribution in [3.05, 3.63) is 92.0 Å². The van der Waals surface area contributed by atoms with Gasteiger partial charge in [0.25, 0.3) is 5.91 Å². The zero-order valence-corrected chi connectivity index (χ0v) is 18.8. The molecule has 2 aromatic heterocycles. The SMILES string of the molecule is Cc1nc(COc2ccccc2C(=O)Nc2ccnn2Cc2cccc(Cl)c2Cl)cs1. The van der Waals surface area contributed by atoms with Crippen LogP contribution in [0.5, 0.6) is 5.75 Å². The first-order valence-electron chi connectivity index (χ1n) is 9.40. The second kappa shape index (κ2) is 9.51. The van der Waals surface area contributed by atoms with Gasteiger partial charge in [-0.3, -0.25) is 4.79 Å². The Morgan fingerprint density at radius 1 is 1.16 bits per heavy atom. The average molecular weight is 473 g/mol. The molecule has 0 bridgehead atoms. The van der Waals surface area contributed by atoms with Crippen molar-refractivity contribution < 1.29 is 9.53 Å². The van der Waals surface area contributed by atoms with Crippen molar-refractivity contribution in [2.45, 2.75) is 20.1 Å². The molecule has 1 N–H and O–H groups in total. The fourth-order valence-corrected chi connectivity index (χ4v) is 3.96. The second-order valence-corrected chi connectivity index (χ2v) is 8.53. The number of carbonyl (C=O) groups is 1. The third kappa shape index (κ3) is 5.07. The summed E-state index contributed by atoms with van der Waals surface area (Å²) in [6, 6.07) is 14.2. The van der Waals surface area contributed by atoms with Crippen molar-refractivity contribution >= 4 is 46.3 Å². The largest absolute Gasteiger partial charge is 0.486 e. The summed E-state index contributed by atoms with van der Waals surface area (Å²) >= 11 is 14.0. The number of nitrogens with zero attached hydrogens (tertiary/aromatic N) is 3. The molecule has 9 heteroatoms. The van der Waals surface area contributed by atoms with E-state index in [1.807, 2.05) is 30.5 Å². The number of carbonyl (C=O) groups excluding carboxylic acids is 1. The van der Waals surface area contributed by atoms with E-state index in [0.717, 1.165) is 16.3 Å². The molecular formula is C22H18Cl2N4O2S. The molecule has 0 radical (unpaired) electrons. The maximum Gasteiger partial charge on any atom is 0.260 e. The minimum atomic E-state index is -0.302. The Labute approximate surface area is 193 Å². The summed E-state index contributed by atoms with van der Waals surface area (Å²) in [6.07, 6.45) is 1.61. The predicted molar refractivity (Wildman–Crippen MR) is 123 cm³/mol. The highest BCUT2D eigenvalue weighted by molar-refractivity contribution is 7.09. The summed E-state index contributed by atoms with van der Waals surface area (Å²) in [5, 5.41) is 11.0. The monoisotopic (exact) mass is 472 g/mol. The number of aromatic nitrogens is 3. The lowest BCUT2D eigenvalue weighted by Gasteiger charge is -2.13. The number of thiazole rings is 1. The van der Waals surface area contributed by atoms with Gasteiger partial charge >= 0.3 is 0 Å².